The van der Waals surface area contributed by atoms with E-state index in [0.717, 1.165) is 34.2 Å². The minimum atomic E-state index is -3.71. The first-order chi connectivity index (χ1) is 15.1. The van der Waals surface area contributed by atoms with Crippen molar-refractivity contribution in [3.63, 3.8) is 0 Å². The molecule has 2 aromatic carbocycles. The number of carbonyl (C=O) groups is 1. The van der Waals surface area contributed by atoms with Crippen LogP contribution >= 0.6 is 23.5 Å². The van der Waals surface area contributed by atoms with Gasteiger partial charge in [0.25, 0.3) is 5.91 Å². The molecule has 32 heavy (non-hydrogen) atoms. The van der Waals surface area contributed by atoms with Crippen LogP contribution in [0.4, 0.5) is 0 Å². The number of fused-ring (bicyclic) bond motifs is 1. The first-order valence-corrected chi connectivity index (χ1v) is 12.3. The molecule has 0 bridgehead atoms. The van der Waals surface area contributed by atoms with Gasteiger partial charge in [-0.25, -0.2) is 13.3 Å². The number of hydrogen-bond acceptors (Lipinski definition) is 7. The molecule has 164 valence electrons. The zero-order valence-electron chi connectivity index (χ0n) is 17.0. The van der Waals surface area contributed by atoms with E-state index in [-0.39, 0.29) is 21.7 Å². The van der Waals surface area contributed by atoms with Gasteiger partial charge in [0.2, 0.25) is 20.2 Å². The summed E-state index contributed by atoms with van der Waals surface area (Å²) in [6.07, 6.45) is 2.42. The Morgan fingerprint density at radius 2 is 2.00 bits per heavy atom. The highest BCUT2D eigenvalue weighted by Crippen LogP contribution is 2.31. The standard InChI is InChI=1S/C21H17ClN4O4S2/c1-12-5-3-4-6-14(12)11-30-17-8-7-13(10-16(17)22)9-15-18(23)26-20(24-19(15)27)31-25-21(26)32(2,28)29/h3-10,23H,11H2,1-2H3/b15-9-,23-18?. The molecule has 0 aromatic heterocycles. The number of hydrogen-bond donors (Lipinski definition) is 1. The van der Waals surface area contributed by atoms with E-state index < -0.39 is 15.7 Å². The lowest BCUT2D eigenvalue weighted by Crippen LogP contribution is -2.45. The normalized spacial score (nSPS) is 17.3. The Labute approximate surface area is 194 Å². The van der Waals surface area contributed by atoms with Crippen molar-refractivity contribution in [2.24, 2.45) is 9.39 Å². The highest BCUT2D eigenvalue weighted by Gasteiger charge is 2.41. The van der Waals surface area contributed by atoms with Crippen molar-refractivity contribution in [3.8, 4) is 5.75 Å². The Morgan fingerprint density at radius 3 is 2.69 bits per heavy atom. The molecule has 0 fully saturated rings. The van der Waals surface area contributed by atoms with Crippen molar-refractivity contribution in [3.05, 3.63) is 69.8 Å². The molecular weight excluding hydrogens is 472 g/mol. The maximum atomic E-state index is 12.5. The largest absolute Gasteiger partial charge is 0.487 e. The molecule has 8 nitrogen and oxygen atoms in total. The average molecular weight is 489 g/mol. The topological polar surface area (TPSA) is 112 Å². The summed E-state index contributed by atoms with van der Waals surface area (Å²) < 4.78 is 33.6. The molecule has 2 aromatic rings. The number of amides is 1. The predicted molar refractivity (Wildman–Crippen MR) is 127 cm³/mol. The summed E-state index contributed by atoms with van der Waals surface area (Å²) in [6.45, 7) is 2.35. The first kappa shape index (κ1) is 22.3. The van der Waals surface area contributed by atoms with Gasteiger partial charge in [-0.3, -0.25) is 10.2 Å². The van der Waals surface area contributed by atoms with E-state index in [4.69, 9.17) is 21.7 Å². The summed E-state index contributed by atoms with van der Waals surface area (Å²) in [4.78, 5) is 17.4. The van der Waals surface area contributed by atoms with Gasteiger partial charge < -0.3 is 4.74 Å². The fourth-order valence-corrected chi connectivity index (χ4v) is 5.14. The Hall–Kier alpha value is -2.95. The number of nitrogens with one attached hydrogen (secondary N) is 1. The molecule has 2 aliphatic rings. The summed E-state index contributed by atoms with van der Waals surface area (Å²) in [5, 5.41) is 8.42. The third kappa shape index (κ3) is 4.34. The third-order valence-corrected chi connectivity index (χ3v) is 6.79. The summed E-state index contributed by atoms with van der Waals surface area (Å²) in [7, 11) is -3.71. The smallest absolute Gasteiger partial charge is 0.283 e. The van der Waals surface area contributed by atoms with E-state index >= 15 is 0 Å². The summed E-state index contributed by atoms with van der Waals surface area (Å²) in [5.74, 6) is -0.496. The van der Waals surface area contributed by atoms with E-state index in [1.165, 1.54) is 6.08 Å². The monoisotopic (exact) mass is 488 g/mol. The van der Waals surface area contributed by atoms with Crippen LogP contribution in [0.5, 0.6) is 5.75 Å². The average Bonchev–Trinajstić information content (AvgIpc) is 3.16. The van der Waals surface area contributed by atoms with Crippen LogP contribution in [0.2, 0.25) is 5.02 Å². The van der Waals surface area contributed by atoms with Gasteiger partial charge in [-0.15, -0.1) is 0 Å². The number of carbonyl (C=O) groups excluding carboxylic acids is 1. The number of sulfone groups is 1. The van der Waals surface area contributed by atoms with Crippen molar-refractivity contribution in [2.75, 3.05) is 6.26 Å². The van der Waals surface area contributed by atoms with Gasteiger partial charge in [-0.05, 0) is 41.8 Å². The molecule has 1 N–H and O–H groups in total. The highest BCUT2D eigenvalue weighted by molar-refractivity contribution is 8.16. The summed E-state index contributed by atoms with van der Waals surface area (Å²) in [5.41, 5.74) is 2.61. The minimum absolute atomic E-state index is 0.0376. The second kappa shape index (κ2) is 8.53. The molecule has 11 heteroatoms. The molecule has 0 saturated carbocycles. The van der Waals surface area contributed by atoms with Crippen LogP contribution in [-0.4, -0.2) is 41.7 Å². The number of nitrogens with zero attached hydrogens (tertiary/aromatic N) is 3. The Kier molecular flexibility index (Phi) is 5.93. The quantitative estimate of drug-likeness (QED) is 0.516. The van der Waals surface area contributed by atoms with Gasteiger partial charge in [-0.1, -0.05) is 41.9 Å². The van der Waals surface area contributed by atoms with Crippen LogP contribution in [0.1, 0.15) is 16.7 Å². The molecule has 0 spiro atoms. The summed E-state index contributed by atoms with van der Waals surface area (Å²) >= 11 is 7.11. The van der Waals surface area contributed by atoms with E-state index in [1.54, 1.807) is 18.2 Å². The second-order valence-electron chi connectivity index (χ2n) is 7.08. The van der Waals surface area contributed by atoms with E-state index in [1.807, 2.05) is 31.2 Å². The molecule has 0 unspecified atom stereocenters. The van der Waals surface area contributed by atoms with Crippen LogP contribution in [0.25, 0.3) is 6.08 Å². The maximum absolute atomic E-state index is 12.5. The molecule has 0 saturated heterocycles. The molecule has 4 rings (SSSR count). The predicted octanol–water partition coefficient (Wildman–Crippen LogP) is 3.85. The zero-order chi connectivity index (χ0) is 23.0. The van der Waals surface area contributed by atoms with Crippen molar-refractivity contribution in [1.82, 2.24) is 4.90 Å². The SMILES string of the molecule is Cc1ccccc1COc1ccc(/C=C2/C(=N)N3C(=NC2=O)SN=C3S(C)(=O)=O)cc1Cl. The van der Waals surface area contributed by atoms with Crippen LogP contribution in [-0.2, 0) is 21.2 Å². The molecule has 0 atom stereocenters. The Morgan fingerprint density at radius 1 is 1.25 bits per heavy atom. The minimum Gasteiger partial charge on any atom is -0.487 e. The van der Waals surface area contributed by atoms with Crippen LogP contribution < -0.4 is 4.74 Å². The molecule has 2 aliphatic heterocycles. The van der Waals surface area contributed by atoms with Gasteiger partial charge in [-0.2, -0.15) is 9.39 Å². The lowest BCUT2D eigenvalue weighted by Gasteiger charge is -2.23. The lowest BCUT2D eigenvalue weighted by atomic mass is 10.1. The van der Waals surface area contributed by atoms with Gasteiger partial charge in [0.05, 0.1) is 22.5 Å². The third-order valence-electron chi connectivity index (χ3n) is 4.74. The maximum Gasteiger partial charge on any atom is 0.283 e. The fourth-order valence-electron chi connectivity index (χ4n) is 3.06. The van der Waals surface area contributed by atoms with Crippen LogP contribution in [0, 0.1) is 12.3 Å². The van der Waals surface area contributed by atoms with Gasteiger partial charge in [0, 0.05) is 6.26 Å². The van der Waals surface area contributed by atoms with Crippen molar-refractivity contribution < 1.29 is 17.9 Å². The Balaban J connectivity index is 1.58. The van der Waals surface area contributed by atoms with Gasteiger partial charge >= 0.3 is 0 Å². The number of rotatable bonds is 4. The van der Waals surface area contributed by atoms with E-state index in [9.17, 15) is 13.2 Å². The second-order valence-corrected chi connectivity index (χ2v) is 10.1. The number of aliphatic imine (C=N–C) groups is 1. The molecule has 2 heterocycles. The number of benzene rings is 2. The number of halogens is 1. The first-order valence-electron chi connectivity index (χ1n) is 9.31. The summed E-state index contributed by atoms with van der Waals surface area (Å²) in [6, 6.07) is 12.8. The lowest BCUT2D eigenvalue weighted by molar-refractivity contribution is -0.114. The number of ether oxygens (including phenoxy) is 1. The van der Waals surface area contributed by atoms with Gasteiger partial charge in [0.15, 0.2) is 0 Å². The number of aryl methyl sites for hydroxylation is 1. The fraction of sp³-hybridized carbons (Fsp3) is 0.143. The number of amidine groups is 3. The van der Waals surface area contributed by atoms with Crippen LogP contribution in [0.3, 0.4) is 0 Å². The molecule has 0 radical (unpaired) electrons. The molecular formula is C21H17ClN4O4S2. The van der Waals surface area contributed by atoms with E-state index in [0.29, 0.717) is 22.9 Å². The van der Waals surface area contributed by atoms with E-state index in [2.05, 4.69) is 9.39 Å². The Bertz CT molecular complexity index is 1350. The highest BCUT2D eigenvalue weighted by atomic mass is 35.5. The van der Waals surface area contributed by atoms with Crippen molar-refractivity contribution in [1.29, 1.82) is 5.41 Å². The van der Waals surface area contributed by atoms with Crippen molar-refractivity contribution in [2.45, 2.75) is 13.5 Å². The zero-order valence-corrected chi connectivity index (χ0v) is 19.4. The molecule has 1 amide bonds. The molecule has 0 aliphatic carbocycles. The van der Waals surface area contributed by atoms with Crippen LogP contribution in [0.15, 0.2) is 57.4 Å². The van der Waals surface area contributed by atoms with Gasteiger partial charge in [0.1, 0.15) is 18.2 Å². The van der Waals surface area contributed by atoms with Crippen molar-refractivity contribution >= 4 is 61.5 Å².